The Kier molecular flexibility index (Phi) is 4.13. The van der Waals surface area contributed by atoms with Gasteiger partial charge in [-0.15, -0.1) is 11.8 Å². The molecule has 0 spiro atoms. The Balaban J connectivity index is 1.82. The van der Waals surface area contributed by atoms with Gasteiger partial charge in [-0.1, -0.05) is 15.9 Å². The molecule has 0 saturated carbocycles. The van der Waals surface area contributed by atoms with Crippen LogP contribution in [-0.2, 0) is 16.1 Å². The van der Waals surface area contributed by atoms with Crippen LogP contribution < -0.4 is 5.32 Å². The zero-order chi connectivity index (χ0) is 16.0. The minimum atomic E-state index is 0.00318. The highest BCUT2D eigenvalue weighted by Crippen LogP contribution is 2.39. The van der Waals surface area contributed by atoms with Gasteiger partial charge in [-0.3, -0.25) is 9.63 Å². The van der Waals surface area contributed by atoms with Crippen molar-refractivity contribution >= 4 is 44.5 Å². The van der Waals surface area contributed by atoms with Crippen molar-refractivity contribution in [2.45, 2.75) is 25.4 Å². The quantitative estimate of drug-likeness (QED) is 0.778. The largest absolute Gasteiger partial charge is 0.357 e. The number of benzene rings is 1. The van der Waals surface area contributed by atoms with Gasteiger partial charge < -0.3 is 10.3 Å². The molecule has 2 aliphatic heterocycles. The van der Waals surface area contributed by atoms with E-state index in [0.717, 1.165) is 28.7 Å². The summed E-state index contributed by atoms with van der Waals surface area (Å²) in [6, 6.07) is 6.38. The van der Waals surface area contributed by atoms with Gasteiger partial charge in [0.1, 0.15) is 5.94 Å². The molecule has 5 nitrogen and oxygen atoms in total. The van der Waals surface area contributed by atoms with Gasteiger partial charge in [0.25, 0.3) is 0 Å². The first-order valence-corrected chi connectivity index (χ1v) is 9.62. The average molecular weight is 396 g/mol. The maximum atomic E-state index is 11.6. The van der Waals surface area contributed by atoms with Gasteiger partial charge in [0.15, 0.2) is 0 Å². The number of aromatic nitrogens is 1. The standard InChI is InChI=1S/C16H18BrN3O2S/c1-9(21)18-14-7-23-8-22-20-5-4-11-12-6-10(17)2-3-13(12)19-15(11)16(14)20/h2-3,6,14,16,19H,4-5,7-8H2,1H3,(H,18,21)/t14-,16+/m1/s1. The summed E-state index contributed by atoms with van der Waals surface area (Å²) in [4.78, 5) is 21.1. The second-order valence-corrected chi connectivity index (χ2v) is 7.86. The number of nitrogens with zero attached hydrogens (tertiary/aromatic N) is 1. The summed E-state index contributed by atoms with van der Waals surface area (Å²) in [6.07, 6.45) is 0.944. The van der Waals surface area contributed by atoms with Crippen LogP contribution in [0.15, 0.2) is 22.7 Å². The normalized spacial score (nSPS) is 24.8. The van der Waals surface area contributed by atoms with Gasteiger partial charge in [-0.25, -0.2) is 0 Å². The van der Waals surface area contributed by atoms with Crippen LogP contribution >= 0.6 is 27.7 Å². The second kappa shape index (κ2) is 6.12. The van der Waals surface area contributed by atoms with E-state index < -0.39 is 0 Å². The summed E-state index contributed by atoms with van der Waals surface area (Å²) in [7, 11) is 0. The Labute approximate surface area is 147 Å². The number of aromatic amines is 1. The minimum absolute atomic E-state index is 0.00318. The van der Waals surface area contributed by atoms with E-state index in [-0.39, 0.29) is 18.0 Å². The maximum absolute atomic E-state index is 11.6. The first-order valence-electron chi connectivity index (χ1n) is 7.68. The van der Waals surface area contributed by atoms with Crippen molar-refractivity contribution in [3.05, 3.63) is 33.9 Å². The van der Waals surface area contributed by atoms with Crippen LogP contribution in [-0.4, -0.2) is 40.2 Å². The molecule has 2 aromatic rings. The number of amides is 1. The van der Waals surface area contributed by atoms with Crippen molar-refractivity contribution < 1.29 is 9.63 Å². The Hall–Kier alpha value is -1.02. The number of carbonyl (C=O) groups excluding carboxylic acids is 1. The third-order valence-electron chi connectivity index (χ3n) is 4.46. The first-order chi connectivity index (χ1) is 11.1. The van der Waals surface area contributed by atoms with Crippen molar-refractivity contribution in [2.75, 3.05) is 18.2 Å². The van der Waals surface area contributed by atoms with E-state index in [1.54, 1.807) is 18.7 Å². The third-order valence-corrected chi connectivity index (χ3v) is 5.82. The molecule has 1 aromatic heterocycles. The average Bonchev–Trinajstić information content (AvgIpc) is 2.74. The molecule has 1 amide bonds. The number of nitrogens with one attached hydrogen (secondary N) is 2. The Bertz CT molecular complexity index is 763. The lowest BCUT2D eigenvalue weighted by Gasteiger charge is -2.36. The zero-order valence-corrected chi connectivity index (χ0v) is 15.2. The van der Waals surface area contributed by atoms with Crippen LogP contribution in [0.5, 0.6) is 0 Å². The van der Waals surface area contributed by atoms with E-state index in [9.17, 15) is 4.79 Å². The predicted molar refractivity (Wildman–Crippen MR) is 95.2 cm³/mol. The van der Waals surface area contributed by atoms with Gasteiger partial charge in [0.2, 0.25) is 5.91 Å². The lowest BCUT2D eigenvalue weighted by Crippen LogP contribution is -2.48. The van der Waals surface area contributed by atoms with E-state index in [1.165, 1.54) is 16.6 Å². The van der Waals surface area contributed by atoms with E-state index in [2.05, 4.69) is 38.4 Å². The Morgan fingerprint density at radius 3 is 3.22 bits per heavy atom. The number of carbonyl (C=O) groups is 1. The molecular weight excluding hydrogens is 378 g/mol. The van der Waals surface area contributed by atoms with E-state index >= 15 is 0 Å². The molecule has 0 radical (unpaired) electrons. The van der Waals surface area contributed by atoms with Crippen LogP contribution in [0.4, 0.5) is 0 Å². The number of halogens is 1. The summed E-state index contributed by atoms with van der Waals surface area (Å²) in [6.45, 7) is 2.42. The Morgan fingerprint density at radius 2 is 2.39 bits per heavy atom. The third kappa shape index (κ3) is 2.80. The van der Waals surface area contributed by atoms with Gasteiger partial charge in [-0.2, -0.15) is 5.06 Å². The molecule has 0 aliphatic carbocycles. The highest BCUT2D eigenvalue weighted by Gasteiger charge is 2.38. The summed E-state index contributed by atoms with van der Waals surface area (Å²) in [5.41, 5.74) is 3.65. The molecule has 122 valence electrons. The van der Waals surface area contributed by atoms with E-state index in [0.29, 0.717) is 5.94 Å². The molecule has 2 aliphatic rings. The second-order valence-electron chi connectivity index (χ2n) is 5.97. The summed E-state index contributed by atoms with van der Waals surface area (Å²) in [5.74, 6) is 1.48. The van der Waals surface area contributed by atoms with E-state index in [4.69, 9.17) is 4.84 Å². The molecule has 1 fully saturated rings. The van der Waals surface area contributed by atoms with E-state index in [1.807, 2.05) is 11.1 Å². The molecular formula is C16H18BrN3O2S. The fourth-order valence-electron chi connectivity index (χ4n) is 3.57. The van der Waals surface area contributed by atoms with Gasteiger partial charge in [-0.05, 0) is 30.2 Å². The summed E-state index contributed by atoms with van der Waals surface area (Å²) in [5, 5.41) is 6.40. The summed E-state index contributed by atoms with van der Waals surface area (Å²) < 4.78 is 1.08. The maximum Gasteiger partial charge on any atom is 0.217 e. The molecule has 4 rings (SSSR count). The SMILES string of the molecule is CC(=O)N[C@@H]1CSCON2CCc3c([nH]c4ccc(Br)cc34)[C@H]12. The molecule has 23 heavy (non-hydrogen) atoms. The number of hydroxylamine groups is 2. The lowest BCUT2D eigenvalue weighted by atomic mass is 9.94. The van der Waals surface area contributed by atoms with Crippen molar-refractivity contribution in [1.29, 1.82) is 0 Å². The minimum Gasteiger partial charge on any atom is -0.357 e. The molecule has 0 unspecified atom stereocenters. The van der Waals surface area contributed by atoms with Crippen LogP contribution in [0.2, 0.25) is 0 Å². The molecule has 3 heterocycles. The van der Waals surface area contributed by atoms with Crippen molar-refractivity contribution in [3.63, 3.8) is 0 Å². The van der Waals surface area contributed by atoms with Crippen molar-refractivity contribution in [2.24, 2.45) is 0 Å². The molecule has 1 saturated heterocycles. The monoisotopic (exact) mass is 395 g/mol. The smallest absolute Gasteiger partial charge is 0.217 e. The number of hydrogen-bond acceptors (Lipinski definition) is 4. The van der Waals surface area contributed by atoms with Crippen LogP contribution in [0.3, 0.4) is 0 Å². The van der Waals surface area contributed by atoms with Crippen molar-refractivity contribution in [3.8, 4) is 0 Å². The fraction of sp³-hybridized carbons (Fsp3) is 0.438. The zero-order valence-electron chi connectivity index (χ0n) is 12.8. The lowest BCUT2D eigenvalue weighted by molar-refractivity contribution is -0.178. The molecule has 0 bridgehead atoms. The van der Waals surface area contributed by atoms with Crippen LogP contribution in [0, 0.1) is 0 Å². The molecule has 2 N–H and O–H groups in total. The fourth-order valence-corrected chi connectivity index (χ4v) is 4.75. The topological polar surface area (TPSA) is 57.4 Å². The first kappa shape index (κ1) is 15.5. The Morgan fingerprint density at radius 1 is 1.52 bits per heavy atom. The molecule has 7 heteroatoms. The number of thioether (sulfide) groups is 1. The van der Waals surface area contributed by atoms with Crippen LogP contribution in [0.1, 0.15) is 24.2 Å². The molecule has 2 atom stereocenters. The highest BCUT2D eigenvalue weighted by atomic mass is 79.9. The van der Waals surface area contributed by atoms with Gasteiger partial charge in [0.05, 0.1) is 12.1 Å². The number of H-pyrrole nitrogens is 1. The number of hydrogen-bond donors (Lipinski definition) is 2. The molecule has 1 aromatic carbocycles. The van der Waals surface area contributed by atoms with Crippen molar-refractivity contribution in [1.82, 2.24) is 15.4 Å². The summed E-state index contributed by atoms with van der Waals surface area (Å²) >= 11 is 5.28. The van der Waals surface area contributed by atoms with Crippen LogP contribution in [0.25, 0.3) is 10.9 Å². The predicted octanol–water partition coefficient (Wildman–Crippen LogP) is 2.97. The van der Waals surface area contributed by atoms with Gasteiger partial charge in [0, 0.05) is 40.3 Å². The number of fused-ring (bicyclic) bond motifs is 5. The highest BCUT2D eigenvalue weighted by molar-refractivity contribution is 9.10. The number of rotatable bonds is 1. The van der Waals surface area contributed by atoms with Gasteiger partial charge >= 0.3 is 0 Å².